The van der Waals surface area contributed by atoms with Gasteiger partial charge in [-0.05, 0) is 0 Å². The van der Waals surface area contributed by atoms with Crippen molar-refractivity contribution in [1.29, 1.82) is 0 Å². The Morgan fingerprint density at radius 2 is 1.83 bits per heavy atom. The van der Waals surface area contributed by atoms with E-state index in [9.17, 15) is 19.2 Å². The first-order valence-electron chi connectivity index (χ1n) is 4.87. The smallest absolute Gasteiger partial charge is 0.334 e. The third-order valence-corrected chi connectivity index (χ3v) is 2.06. The molecule has 0 aliphatic heterocycles. The van der Waals surface area contributed by atoms with Crippen LogP contribution in [0, 0.1) is 0 Å². The second-order valence-corrected chi connectivity index (χ2v) is 3.71. The molecule has 0 aliphatic rings. The van der Waals surface area contributed by atoms with Crippen LogP contribution in [-0.4, -0.2) is 26.3 Å². The molecule has 8 nitrogen and oxygen atoms in total. The summed E-state index contributed by atoms with van der Waals surface area (Å²) in [4.78, 5) is 48.2. The van der Waals surface area contributed by atoms with E-state index in [4.69, 9.17) is 4.74 Å². The molecule has 1 rings (SSSR count). The van der Waals surface area contributed by atoms with E-state index in [2.05, 4.69) is 19.2 Å². The van der Waals surface area contributed by atoms with Gasteiger partial charge < -0.3 is 4.74 Å². The summed E-state index contributed by atoms with van der Waals surface area (Å²) in [5.74, 6) is -0.337. The van der Waals surface area contributed by atoms with Crippen molar-refractivity contribution in [2.24, 2.45) is 0 Å². The lowest BCUT2D eigenvalue weighted by molar-refractivity contribution is -0.139. The Kier molecular flexibility index (Phi) is 4.72. The van der Waals surface area contributed by atoms with Crippen molar-refractivity contribution in [2.45, 2.75) is 13.0 Å². The number of carbonyl (C=O) groups excluding carboxylic acids is 1. The Labute approximate surface area is 106 Å². The molecule has 0 saturated heterocycles. The number of carbonyl (C=O) groups is 1. The van der Waals surface area contributed by atoms with E-state index in [0.717, 1.165) is 0 Å². The number of nitrogens with zero attached hydrogens (tertiary/aromatic N) is 1. The van der Waals surface area contributed by atoms with E-state index in [1.807, 2.05) is 9.97 Å². The van der Waals surface area contributed by atoms with Gasteiger partial charge in [0.05, 0.1) is 13.0 Å². The van der Waals surface area contributed by atoms with Gasteiger partial charge >= 0.3 is 23.0 Å². The molecule has 1 aromatic heterocycles. The first kappa shape index (κ1) is 14.0. The number of aromatic nitrogens is 3. The number of esters is 1. The minimum absolute atomic E-state index is 0.0820. The molecule has 0 saturated carbocycles. The fraction of sp³-hybridized carbons (Fsp3) is 0.333. The molecule has 0 atom stereocenters. The van der Waals surface area contributed by atoms with Crippen LogP contribution in [0.15, 0.2) is 26.7 Å². The maximum absolute atomic E-state index is 11.3. The van der Waals surface area contributed by atoms with E-state index in [-0.39, 0.29) is 18.7 Å². The van der Waals surface area contributed by atoms with Crippen LogP contribution in [0.4, 0.5) is 0 Å². The summed E-state index contributed by atoms with van der Waals surface area (Å²) in [6, 6.07) is 0. The number of aromatic amines is 2. The molecule has 1 heterocycles. The van der Waals surface area contributed by atoms with Gasteiger partial charge in [-0.25, -0.2) is 19.0 Å². The largest absolute Gasteiger partial charge is 0.430 e. The van der Waals surface area contributed by atoms with Crippen molar-refractivity contribution in [3.63, 3.8) is 0 Å². The SMILES string of the molecule is C=C(Cn1c(=O)[nH]c(=O)[nH]c1=O)OC(=O)CCS. The van der Waals surface area contributed by atoms with E-state index >= 15 is 0 Å². The molecule has 1 aromatic rings. The van der Waals surface area contributed by atoms with Gasteiger partial charge in [0.2, 0.25) is 0 Å². The van der Waals surface area contributed by atoms with Crippen LogP contribution in [0.2, 0.25) is 0 Å². The minimum atomic E-state index is -0.907. The van der Waals surface area contributed by atoms with Crippen LogP contribution >= 0.6 is 12.6 Å². The van der Waals surface area contributed by atoms with Crippen molar-refractivity contribution in [1.82, 2.24) is 14.5 Å². The number of allylic oxidation sites excluding steroid dienone is 1. The molecule has 2 N–H and O–H groups in total. The van der Waals surface area contributed by atoms with E-state index in [1.54, 1.807) is 0 Å². The predicted molar refractivity (Wildman–Crippen MR) is 65.6 cm³/mol. The minimum Gasteiger partial charge on any atom is -0.430 e. The van der Waals surface area contributed by atoms with Gasteiger partial charge in [0.15, 0.2) is 0 Å². The second-order valence-electron chi connectivity index (χ2n) is 3.26. The van der Waals surface area contributed by atoms with Crippen molar-refractivity contribution in [2.75, 3.05) is 5.75 Å². The summed E-state index contributed by atoms with van der Waals surface area (Å²) in [6.07, 6.45) is 0.0824. The third-order valence-electron chi connectivity index (χ3n) is 1.84. The normalized spacial score (nSPS) is 10.1. The molecule has 0 aliphatic carbocycles. The van der Waals surface area contributed by atoms with Crippen LogP contribution in [0.3, 0.4) is 0 Å². The molecule has 0 fully saturated rings. The van der Waals surface area contributed by atoms with Crippen molar-refractivity contribution >= 4 is 18.6 Å². The quantitative estimate of drug-likeness (QED) is 0.347. The number of ether oxygens (including phenoxy) is 1. The van der Waals surface area contributed by atoms with Crippen LogP contribution in [-0.2, 0) is 16.1 Å². The summed E-state index contributed by atoms with van der Waals surface area (Å²) < 4.78 is 5.40. The first-order valence-corrected chi connectivity index (χ1v) is 5.50. The standard InChI is InChI=1S/C9H11N3O5S/c1-5(17-6(13)2-3-18)4-12-8(15)10-7(14)11-9(12)16/h18H,1-4H2,(H2,10,11,14,15,16). The molecule has 0 unspecified atom stereocenters. The number of nitrogens with one attached hydrogen (secondary N) is 2. The molecule has 98 valence electrons. The highest BCUT2D eigenvalue weighted by Crippen LogP contribution is 1.99. The Morgan fingerprint density at radius 1 is 1.28 bits per heavy atom. The third kappa shape index (κ3) is 3.77. The zero-order valence-corrected chi connectivity index (χ0v) is 10.2. The maximum Gasteiger partial charge on any atom is 0.334 e. The zero-order chi connectivity index (χ0) is 13.7. The predicted octanol–water partition coefficient (Wildman–Crippen LogP) is -1.40. The summed E-state index contributed by atoms with van der Waals surface area (Å²) >= 11 is 3.85. The molecule has 0 amide bonds. The number of H-pyrrole nitrogens is 2. The van der Waals surface area contributed by atoms with E-state index < -0.39 is 23.0 Å². The number of hydrogen-bond donors (Lipinski definition) is 3. The van der Waals surface area contributed by atoms with Gasteiger partial charge in [0.1, 0.15) is 5.76 Å². The summed E-state index contributed by atoms with van der Waals surface area (Å²) in [7, 11) is 0. The van der Waals surface area contributed by atoms with Gasteiger partial charge in [-0.2, -0.15) is 12.6 Å². The van der Waals surface area contributed by atoms with Crippen molar-refractivity contribution in [3.05, 3.63) is 43.8 Å². The van der Waals surface area contributed by atoms with E-state index in [1.165, 1.54) is 0 Å². The Hall–Kier alpha value is -2.03. The van der Waals surface area contributed by atoms with Crippen LogP contribution < -0.4 is 17.1 Å². The van der Waals surface area contributed by atoms with Crippen molar-refractivity contribution in [3.8, 4) is 0 Å². The highest BCUT2D eigenvalue weighted by atomic mass is 32.1. The number of thiol groups is 1. The Bertz CT molecular complexity index is 592. The molecule has 18 heavy (non-hydrogen) atoms. The molecule has 0 spiro atoms. The highest BCUT2D eigenvalue weighted by molar-refractivity contribution is 7.80. The second kappa shape index (κ2) is 6.05. The van der Waals surface area contributed by atoms with Crippen LogP contribution in [0.1, 0.15) is 6.42 Å². The van der Waals surface area contributed by atoms with Gasteiger partial charge in [-0.15, -0.1) is 0 Å². The van der Waals surface area contributed by atoms with E-state index in [0.29, 0.717) is 10.3 Å². The zero-order valence-electron chi connectivity index (χ0n) is 9.26. The lowest BCUT2D eigenvalue weighted by atomic mass is 10.5. The average molecular weight is 273 g/mol. The number of rotatable bonds is 5. The average Bonchev–Trinajstić information content (AvgIpc) is 2.23. The molecule has 0 aromatic carbocycles. The van der Waals surface area contributed by atoms with Gasteiger partial charge in [0.25, 0.3) is 0 Å². The van der Waals surface area contributed by atoms with Gasteiger partial charge in [-0.3, -0.25) is 14.8 Å². The first-order chi connectivity index (χ1) is 8.43. The van der Waals surface area contributed by atoms with Crippen LogP contribution in [0.25, 0.3) is 0 Å². The monoisotopic (exact) mass is 273 g/mol. The molecule has 0 bridgehead atoms. The Morgan fingerprint density at radius 3 is 2.33 bits per heavy atom. The van der Waals surface area contributed by atoms with Gasteiger partial charge in [0, 0.05) is 5.75 Å². The molecular formula is C9H11N3O5S. The van der Waals surface area contributed by atoms with Crippen molar-refractivity contribution < 1.29 is 9.53 Å². The fourth-order valence-corrected chi connectivity index (χ4v) is 1.29. The Balaban J connectivity index is 2.83. The lowest BCUT2D eigenvalue weighted by Gasteiger charge is -2.07. The maximum atomic E-state index is 11.3. The number of hydrogen-bond acceptors (Lipinski definition) is 6. The summed E-state index contributed by atoms with van der Waals surface area (Å²) in [5, 5.41) is 0. The lowest BCUT2D eigenvalue weighted by Crippen LogP contribution is -2.43. The molecule has 9 heteroatoms. The fourth-order valence-electron chi connectivity index (χ4n) is 1.11. The topological polar surface area (TPSA) is 114 Å². The summed E-state index contributed by atoms with van der Waals surface area (Å²) in [5.41, 5.74) is -2.72. The summed E-state index contributed by atoms with van der Waals surface area (Å²) in [6.45, 7) is 3.07. The highest BCUT2D eigenvalue weighted by Gasteiger charge is 2.09. The molecular weight excluding hydrogens is 262 g/mol. The molecule has 0 radical (unpaired) electrons. The van der Waals surface area contributed by atoms with Crippen LogP contribution in [0.5, 0.6) is 0 Å². The van der Waals surface area contributed by atoms with Gasteiger partial charge in [-0.1, -0.05) is 6.58 Å².